The number of halogens is 1. The van der Waals surface area contributed by atoms with Crippen LogP contribution in [-0.4, -0.2) is 50.4 Å². The topological polar surface area (TPSA) is 98.2 Å². The Labute approximate surface area is 220 Å². The fourth-order valence-electron chi connectivity index (χ4n) is 5.51. The number of hydrogen-bond acceptors (Lipinski definition) is 7. The maximum atomic E-state index is 13.4. The van der Waals surface area contributed by atoms with E-state index in [0.717, 1.165) is 48.9 Å². The number of ether oxygens (including phenoxy) is 2. The number of H-pyrrole nitrogens is 1. The van der Waals surface area contributed by atoms with Crippen molar-refractivity contribution >= 4 is 10.9 Å². The average Bonchev–Trinajstić information content (AvgIpc) is 3.62. The molecule has 4 aromatic rings. The van der Waals surface area contributed by atoms with Crippen molar-refractivity contribution in [1.82, 2.24) is 30.1 Å². The maximum Gasteiger partial charge on any atom is 0.252 e. The molecule has 0 amide bonds. The summed E-state index contributed by atoms with van der Waals surface area (Å²) in [6.07, 6.45) is 5.21. The fraction of sp³-hybridized carbons (Fsp3) is 0.429. The summed E-state index contributed by atoms with van der Waals surface area (Å²) in [6.45, 7) is 3.02. The molecule has 1 N–H and O–H groups in total. The monoisotopic (exact) mass is 520 g/mol. The third-order valence-corrected chi connectivity index (χ3v) is 7.46. The third kappa shape index (κ3) is 5.26. The highest BCUT2D eigenvalue weighted by Crippen LogP contribution is 2.35. The highest BCUT2D eigenvalue weighted by Gasteiger charge is 2.32. The number of pyridine rings is 1. The minimum Gasteiger partial charge on any atom is -0.493 e. The molecular formula is C28H33FN6O3. The molecule has 10 heteroatoms. The molecule has 200 valence electrons. The van der Waals surface area contributed by atoms with Crippen molar-refractivity contribution in [1.29, 1.82) is 0 Å². The van der Waals surface area contributed by atoms with Crippen molar-refractivity contribution < 1.29 is 13.9 Å². The summed E-state index contributed by atoms with van der Waals surface area (Å²) in [5.41, 5.74) is 2.15. The van der Waals surface area contributed by atoms with Crippen LogP contribution in [0.2, 0.25) is 0 Å². The SMILES string of the molecule is CC[C@@H](c1nnnn1Cc1ccc(F)cc1)N(Cc1cc2cc(OC)c(OC)cc2[nH]c1=O)C1CCCC1. The second-order valence-electron chi connectivity index (χ2n) is 9.77. The van der Waals surface area contributed by atoms with Gasteiger partial charge in [0.15, 0.2) is 17.3 Å². The van der Waals surface area contributed by atoms with Gasteiger partial charge in [0.25, 0.3) is 5.56 Å². The van der Waals surface area contributed by atoms with Crippen LogP contribution in [0.25, 0.3) is 10.9 Å². The summed E-state index contributed by atoms with van der Waals surface area (Å²) in [7, 11) is 3.17. The quantitative estimate of drug-likeness (QED) is 0.326. The second kappa shape index (κ2) is 11.3. The smallest absolute Gasteiger partial charge is 0.252 e. The average molecular weight is 521 g/mol. The molecule has 2 aromatic heterocycles. The van der Waals surface area contributed by atoms with Crippen LogP contribution in [0.15, 0.2) is 47.3 Å². The lowest BCUT2D eigenvalue weighted by molar-refractivity contribution is 0.112. The summed E-state index contributed by atoms with van der Waals surface area (Å²) in [6, 6.07) is 12.2. The molecule has 0 radical (unpaired) electrons. The van der Waals surface area contributed by atoms with E-state index in [1.165, 1.54) is 12.1 Å². The lowest BCUT2D eigenvalue weighted by Crippen LogP contribution is -2.39. The van der Waals surface area contributed by atoms with Crippen LogP contribution in [0.5, 0.6) is 11.5 Å². The van der Waals surface area contributed by atoms with Crippen LogP contribution < -0.4 is 15.0 Å². The van der Waals surface area contributed by atoms with Crippen molar-refractivity contribution in [3.05, 3.63) is 75.6 Å². The van der Waals surface area contributed by atoms with E-state index in [1.54, 1.807) is 37.1 Å². The Morgan fingerprint density at radius 2 is 1.82 bits per heavy atom. The lowest BCUT2D eigenvalue weighted by atomic mass is 10.0. The molecule has 0 unspecified atom stereocenters. The van der Waals surface area contributed by atoms with Gasteiger partial charge in [-0.15, -0.1) is 5.10 Å². The number of aromatic amines is 1. The van der Waals surface area contributed by atoms with Gasteiger partial charge in [0, 0.05) is 29.6 Å². The summed E-state index contributed by atoms with van der Waals surface area (Å²) in [5.74, 6) is 1.64. The minimum absolute atomic E-state index is 0.0888. The molecule has 5 rings (SSSR count). The Hall–Kier alpha value is -3.79. The van der Waals surface area contributed by atoms with Crippen molar-refractivity contribution in [2.24, 2.45) is 0 Å². The van der Waals surface area contributed by atoms with E-state index in [4.69, 9.17) is 9.47 Å². The van der Waals surface area contributed by atoms with Crippen molar-refractivity contribution in [3.63, 3.8) is 0 Å². The summed E-state index contributed by atoms with van der Waals surface area (Å²) >= 11 is 0. The van der Waals surface area contributed by atoms with Gasteiger partial charge in [-0.3, -0.25) is 9.69 Å². The number of nitrogens with one attached hydrogen (secondary N) is 1. The fourth-order valence-corrected chi connectivity index (χ4v) is 5.51. The van der Waals surface area contributed by atoms with Gasteiger partial charge in [0.2, 0.25) is 0 Å². The summed E-state index contributed by atoms with van der Waals surface area (Å²) in [5, 5.41) is 13.5. The Kier molecular flexibility index (Phi) is 7.69. The molecule has 1 aliphatic rings. The molecule has 1 saturated carbocycles. The van der Waals surface area contributed by atoms with E-state index in [9.17, 15) is 9.18 Å². The molecular weight excluding hydrogens is 487 g/mol. The molecule has 1 aliphatic carbocycles. The standard InChI is InChI=1S/C28H33FN6O3/c1-4-24(27-31-32-33-35(27)16-18-9-11-21(29)12-10-18)34(22-7-5-6-8-22)17-20-13-19-14-25(37-2)26(38-3)15-23(19)30-28(20)36/h9-15,22,24H,4-8,16-17H2,1-3H3,(H,30,36)/t24-/m0/s1. The molecule has 1 fully saturated rings. The van der Waals surface area contributed by atoms with Crippen LogP contribution in [0.3, 0.4) is 0 Å². The first-order chi connectivity index (χ1) is 18.5. The van der Waals surface area contributed by atoms with E-state index >= 15 is 0 Å². The largest absolute Gasteiger partial charge is 0.493 e. The second-order valence-corrected chi connectivity index (χ2v) is 9.77. The lowest BCUT2D eigenvalue weighted by Gasteiger charge is -2.35. The Balaban J connectivity index is 1.50. The zero-order chi connectivity index (χ0) is 26.6. The van der Waals surface area contributed by atoms with Crippen LogP contribution in [0.1, 0.15) is 62.0 Å². The zero-order valence-electron chi connectivity index (χ0n) is 22.0. The van der Waals surface area contributed by atoms with Gasteiger partial charge in [0.1, 0.15) is 5.82 Å². The number of hydrogen-bond donors (Lipinski definition) is 1. The normalized spacial score (nSPS) is 14.9. The van der Waals surface area contributed by atoms with Gasteiger partial charge >= 0.3 is 0 Å². The van der Waals surface area contributed by atoms with E-state index in [1.807, 2.05) is 12.1 Å². The minimum atomic E-state index is -0.277. The molecule has 0 aliphatic heterocycles. The molecule has 1 atom stereocenters. The predicted molar refractivity (Wildman–Crippen MR) is 142 cm³/mol. The Morgan fingerprint density at radius 3 is 2.50 bits per heavy atom. The van der Waals surface area contributed by atoms with Crippen molar-refractivity contribution in [2.75, 3.05) is 14.2 Å². The molecule has 0 saturated heterocycles. The number of rotatable bonds is 10. The van der Waals surface area contributed by atoms with E-state index in [2.05, 4.69) is 32.3 Å². The van der Waals surface area contributed by atoms with Gasteiger partial charge in [-0.05, 0) is 59.5 Å². The molecule has 2 heterocycles. The third-order valence-electron chi connectivity index (χ3n) is 7.46. The number of tetrazole rings is 1. The highest BCUT2D eigenvalue weighted by atomic mass is 19.1. The summed E-state index contributed by atoms with van der Waals surface area (Å²) < 4.78 is 26.1. The number of aromatic nitrogens is 5. The molecule has 9 nitrogen and oxygen atoms in total. The molecule has 0 spiro atoms. The molecule has 0 bridgehead atoms. The van der Waals surface area contributed by atoms with Gasteiger partial charge in [-0.2, -0.15) is 0 Å². The number of benzene rings is 2. The predicted octanol–water partition coefficient (Wildman–Crippen LogP) is 4.62. The Bertz CT molecular complexity index is 1450. The van der Waals surface area contributed by atoms with Crippen LogP contribution >= 0.6 is 0 Å². The van der Waals surface area contributed by atoms with Gasteiger partial charge < -0.3 is 14.5 Å². The van der Waals surface area contributed by atoms with Crippen LogP contribution in [0.4, 0.5) is 4.39 Å². The van der Waals surface area contributed by atoms with Gasteiger partial charge in [-0.25, -0.2) is 9.07 Å². The van der Waals surface area contributed by atoms with Crippen LogP contribution in [-0.2, 0) is 13.1 Å². The Morgan fingerprint density at radius 1 is 1.11 bits per heavy atom. The number of methoxy groups -OCH3 is 2. The van der Waals surface area contributed by atoms with E-state index < -0.39 is 0 Å². The van der Waals surface area contributed by atoms with E-state index in [-0.39, 0.29) is 17.4 Å². The maximum absolute atomic E-state index is 13.4. The van der Waals surface area contributed by atoms with Crippen molar-refractivity contribution in [3.8, 4) is 11.5 Å². The number of fused-ring (bicyclic) bond motifs is 1. The first-order valence-corrected chi connectivity index (χ1v) is 13.0. The summed E-state index contributed by atoms with van der Waals surface area (Å²) in [4.78, 5) is 18.7. The van der Waals surface area contributed by atoms with Gasteiger partial charge in [-0.1, -0.05) is 31.9 Å². The first-order valence-electron chi connectivity index (χ1n) is 13.0. The molecule has 38 heavy (non-hydrogen) atoms. The van der Waals surface area contributed by atoms with Crippen molar-refractivity contribution in [2.45, 2.75) is 64.2 Å². The highest BCUT2D eigenvalue weighted by molar-refractivity contribution is 5.83. The zero-order valence-corrected chi connectivity index (χ0v) is 22.0. The van der Waals surface area contributed by atoms with E-state index in [0.29, 0.717) is 41.7 Å². The molecule has 2 aromatic carbocycles. The number of nitrogens with zero attached hydrogens (tertiary/aromatic N) is 5. The first kappa shape index (κ1) is 25.8. The van der Waals surface area contributed by atoms with Crippen LogP contribution in [0, 0.1) is 5.82 Å². The van der Waals surface area contributed by atoms with Gasteiger partial charge in [0.05, 0.1) is 32.3 Å².